The van der Waals surface area contributed by atoms with Gasteiger partial charge >= 0.3 is 5.97 Å². The zero-order valence-corrected chi connectivity index (χ0v) is 20.4. The van der Waals surface area contributed by atoms with Gasteiger partial charge in [-0.3, -0.25) is 19.8 Å². The molecule has 0 bridgehead atoms. The predicted octanol–water partition coefficient (Wildman–Crippen LogP) is 2.38. The summed E-state index contributed by atoms with van der Waals surface area (Å²) in [7, 11) is 0. The van der Waals surface area contributed by atoms with Gasteiger partial charge in [-0.1, -0.05) is 11.8 Å². The van der Waals surface area contributed by atoms with Crippen LogP contribution in [0.15, 0.2) is 36.4 Å². The Morgan fingerprint density at radius 3 is 2.34 bits per heavy atom. The molecule has 0 fully saturated rings. The van der Waals surface area contributed by atoms with E-state index in [9.17, 15) is 14.4 Å². The Morgan fingerprint density at radius 1 is 1.11 bits per heavy atom. The lowest BCUT2D eigenvalue weighted by Gasteiger charge is -2.29. The van der Waals surface area contributed by atoms with Crippen LogP contribution in [0.25, 0.3) is 0 Å². The van der Waals surface area contributed by atoms with Gasteiger partial charge in [-0.25, -0.2) is 0 Å². The largest absolute Gasteiger partial charge is 0.480 e. The average Bonchev–Trinajstić information content (AvgIpc) is 2.78. The second kappa shape index (κ2) is 12.2. The van der Waals surface area contributed by atoms with Crippen LogP contribution in [-0.2, 0) is 14.4 Å². The molecule has 0 atom stereocenters. The third kappa shape index (κ3) is 7.89. The summed E-state index contributed by atoms with van der Waals surface area (Å²) in [6.07, 6.45) is -0.440. The summed E-state index contributed by atoms with van der Waals surface area (Å²) < 4.78 is 0. The summed E-state index contributed by atoms with van der Waals surface area (Å²) in [5.74, 6) is 4.04. The van der Waals surface area contributed by atoms with E-state index < -0.39 is 30.7 Å². The van der Waals surface area contributed by atoms with E-state index in [0.29, 0.717) is 17.8 Å². The Balaban J connectivity index is 2.12. The minimum Gasteiger partial charge on any atom is -0.480 e. The molecule has 0 unspecified atom stereocenters. The maximum absolute atomic E-state index is 12.9. The molecule has 0 spiro atoms. The zero-order chi connectivity index (χ0) is 26.1. The van der Waals surface area contributed by atoms with E-state index in [-0.39, 0.29) is 11.9 Å². The molecule has 6 N–H and O–H groups in total. The van der Waals surface area contributed by atoms with Crippen molar-refractivity contribution in [2.75, 3.05) is 23.3 Å². The van der Waals surface area contributed by atoms with Gasteiger partial charge in [0.1, 0.15) is 18.8 Å². The maximum atomic E-state index is 12.9. The molecule has 0 aliphatic rings. The number of aryl methyl sites for hydroxylation is 2. The standard InChI is InChI=1S/C26H31N5O4/c1-16(2)31(24(33)14-23(32)30-15-25(34)35)22-13-17(3)20(12-18(22)4)6-5-11-29-21-9-7-19(8-10-21)26(27)28/h7-10,12-13,16,29H,11,14-15H2,1-4H3,(H3,27,28)(H,30,32)(H,34,35). The Hall–Kier alpha value is -4.32. The highest BCUT2D eigenvalue weighted by Gasteiger charge is 2.23. The molecule has 0 saturated heterocycles. The lowest BCUT2D eigenvalue weighted by atomic mass is 10.0. The van der Waals surface area contributed by atoms with Gasteiger partial charge in [0.05, 0.1) is 6.54 Å². The lowest BCUT2D eigenvalue weighted by Crippen LogP contribution is -2.41. The summed E-state index contributed by atoms with van der Waals surface area (Å²) in [6, 6.07) is 10.8. The van der Waals surface area contributed by atoms with Gasteiger partial charge in [0.2, 0.25) is 11.8 Å². The number of anilines is 2. The van der Waals surface area contributed by atoms with E-state index in [1.807, 2.05) is 52.0 Å². The number of nitrogens with two attached hydrogens (primary N) is 1. The number of hydrogen-bond acceptors (Lipinski definition) is 5. The van der Waals surface area contributed by atoms with Crippen molar-refractivity contribution in [3.63, 3.8) is 0 Å². The minimum absolute atomic E-state index is 0.0183. The van der Waals surface area contributed by atoms with Crippen molar-refractivity contribution >= 4 is 35.0 Å². The first-order valence-corrected chi connectivity index (χ1v) is 11.1. The number of carboxylic acids is 1. The third-order valence-corrected chi connectivity index (χ3v) is 5.14. The van der Waals surface area contributed by atoms with Gasteiger partial charge in [0.25, 0.3) is 0 Å². The molecule has 0 radical (unpaired) electrons. The molecule has 0 aromatic heterocycles. The number of nitrogens with one attached hydrogen (secondary N) is 3. The summed E-state index contributed by atoms with van der Waals surface area (Å²) >= 11 is 0. The molecule has 9 heteroatoms. The monoisotopic (exact) mass is 477 g/mol. The van der Waals surface area contributed by atoms with Crippen molar-refractivity contribution in [1.82, 2.24) is 5.32 Å². The van der Waals surface area contributed by atoms with Crippen LogP contribution in [0.3, 0.4) is 0 Å². The first-order chi connectivity index (χ1) is 16.5. The minimum atomic E-state index is -1.17. The second-order valence-corrected chi connectivity index (χ2v) is 8.30. The summed E-state index contributed by atoms with van der Waals surface area (Å²) in [6.45, 7) is 7.37. The van der Waals surface area contributed by atoms with Crippen molar-refractivity contribution in [3.05, 3.63) is 58.7 Å². The van der Waals surface area contributed by atoms with Crippen molar-refractivity contribution in [1.29, 1.82) is 5.41 Å². The van der Waals surface area contributed by atoms with E-state index in [4.69, 9.17) is 16.2 Å². The molecule has 0 saturated carbocycles. The Morgan fingerprint density at radius 2 is 1.77 bits per heavy atom. The van der Waals surface area contributed by atoms with E-state index in [2.05, 4.69) is 22.5 Å². The van der Waals surface area contributed by atoms with Gasteiger partial charge in [0.15, 0.2) is 0 Å². The van der Waals surface area contributed by atoms with E-state index in [1.165, 1.54) is 0 Å². The SMILES string of the molecule is Cc1cc(N(C(=O)CC(=O)NCC(=O)O)C(C)C)c(C)cc1C#CCNc1ccc(C(=N)N)cc1. The Kier molecular flexibility index (Phi) is 9.41. The summed E-state index contributed by atoms with van der Waals surface area (Å²) in [4.78, 5) is 37.0. The number of amidine groups is 1. The number of rotatable bonds is 9. The maximum Gasteiger partial charge on any atom is 0.322 e. The van der Waals surface area contributed by atoms with Crippen LogP contribution in [-0.4, -0.2) is 47.9 Å². The van der Waals surface area contributed by atoms with Crippen LogP contribution in [0.1, 0.15) is 42.5 Å². The van der Waals surface area contributed by atoms with E-state index >= 15 is 0 Å². The van der Waals surface area contributed by atoms with Gasteiger partial charge in [0, 0.05) is 28.5 Å². The topological polar surface area (TPSA) is 149 Å². The predicted molar refractivity (Wildman–Crippen MR) is 137 cm³/mol. The van der Waals surface area contributed by atoms with Crippen molar-refractivity contribution < 1.29 is 19.5 Å². The molecule has 2 aromatic rings. The van der Waals surface area contributed by atoms with Crippen LogP contribution in [0.5, 0.6) is 0 Å². The number of hydrogen-bond donors (Lipinski definition) is 5. The molecule has 2 aromatic carbocycles. The fraction of sp³-hybridized carbons (Fsp3) is 0.308. The van der Waals surface area contributed by atoms with Crippen molar-refractivity contribution in [2.24, 2.45) is 5.73 Å². The highest BCUT2D eigenvalue weighted by Crippen LogP contribution is 2.26. The molecule has 184 valence electrons. The molecule has 2 rings (SSSR count). The lowest BCUT2D eigenvalue weighted by molar-refractivity contribution is -0.138. The highest BCUT2D eigenvalue weighted by atomic mass is 16.4. The summed E-state index contributed by atoms with van der Waals surface area (Å²) in [5, 5.41) is 21.5. The second-order valence-electron chi connectivity index (χ2n) is 8.30. The smallest absolute Gasteiger partial charge is 0.322 e. The summed E-state index contributed by atoms with van der Waals surface area (Å²) in [5.41, 5.74) is 10.2. The third-order valence-electron chi connectivity index (χ3n) is 5.14. The fourth-order valence-corrected chi connectivity index (χ4v) is 3.41. The van der Waals surface area contributed by atoms with Crippen LogP contribution < -0.4 is 21.3 Å². The molecule has 2 amide bonds. The number of carboxylic acid groups (broad SMARTS) is 1. The Bertz CT molecular complexity index is 1180. The number of carbonyl (C=O) groups is 3. The number of nitrogens with zero attached hydrogens (tertiary/aromatic N) is 1. The zero-order valence-electron chi connectivity index (χ0n) is 20.4. The van der Waals surface area contributed by atoms with Gasteiger partial charge < -0.3 is 26.4 Å². The fourth-order valence-electron chi connectivity index (χ4n) is 3.41. The quantitative estimate of drug-likeness (QED) is 0.162. The highest BCUT2D eigenvalue weighted by molar-refractivity contribution is 6.06. The molecule has 0 aliphatic carbocycles. The molecule has 9 nitrogen and oxygen atoms in total. The van der Waals surface area contributed by atoms with Crippen molar-refractivity contribution in [3.8, 4) is 11.8 Å². The molecular weight excluding hydrogens is 446 g/mol. The molecular formula is C26H31N5O4. The average molecular weight is 478 g/mol. The number of amides is 2. The number of carbonyl (C=O) groups excluding carboxylic acids is 2. The number of benzene rings is 2. The van der Waals surface area contributed by atoms with Crippen LogP contribution >= 0.6 is 0 Å². The molecule has 0 aliphatic heterocycles. The van der Waals surface area contributed by atoms with E-state index in [0.717, 1.165) is 22.4 Å². The van der Waals surface area contributed by atoms with Gasteiger partial charge in [-0.15, -0.1) is 0 Å². The van der Waals surface area contributed by atoms with Crippen LogP contribution in [0, 0.1) is 31.1 Å². The van der Waals surface area contributed by atoms with Crippen molar-refractivity contribution in [2.45, 2.75) is 40.2 Å². The van der Waals surface area contributed by atoms with Crippen LogP contribution in [0.2, 0.25) is 0 Å². The Labute approximate surface area is 205 Å². The first-order valence-electron chi connectivity index (χ1n) is 11.1. The van der Waals surface area contributed by atoms with Gasteiger partial charge in [-0.05, 0) is 75.2 Å². The van der Waals surface area contributed by atoms with Gasteiger partial charge in [-0.2, -0.15) is 0 Å². The molecule has 0 heterocycles. The molecule has 35 heavy (non-hydrogen) atoms. The van der Waals surface area contributed by atoms with Crippen LogP contribution in [0.4, 0.5) is 11.4 Å². The first kappa shape index (κ1) is 26.9. The normalized spacial score (nSPS) is 10.2. The van der Waals surface area contributed by atoms with E-state index in [1.54, 1.807) is 17.0 Å². The number of nitrogen functional groups attached to an aromatic ring is 1. The number of aliphatic carboxylic acids is 1.